The molecule has 31 heavy (non-hydrogen) atoms. The van der Waals surface area contributed by atoms with Crippen molar-refractivity contribution in [2.45, 2.75) is 69.2 Å². The lowest BCUT2D eigenvalue weighted by atomic mass is 9.43. The minimum atomic E-state index is -3.96. The second-order valence-corrected chi connectivity index (χ2v) is 13.0. The summed E-state index contributed by atoms with van der Waals surface area (Å²) in [4.78, 5) is 25.9. The van der Waals surface area contributed by atoms with Crippen molar-refractivity contribution in [1.82, 2.24) is 4.31 Å². The van der Waals surface area contributed by atoms with Crippen LogP contribution in [-0.4, -0.2) is 37.0 Å². The van der Waals surface area contributed by atoms with E-state index in [4.69, 9.17) is 17.3 Å². The fourth-order valence-corrected chi connectivity index (χ4v) is 8.77. The third-order valence-electron chi connectivity index (χ3n) is 8.19. The fourth-order valence-electron chi connectivity index (χ4n) is 6.78. The van der Waals surface area contributed by atoms with Gasteiger partial charge in [-0.15, -0.1) is 0 Å². The van der Waals surface area contributed by atoms with E-state index in [1.54, 1.807) is 26.0 Å². The van der Waals surface area contributed by atoms with Gasteiger partial charge in [-0.1, -0.05) is 23.7 Å². The lowest BCUT2D eigenvalue weighted by molar-refractivity contribution is -0.159. The van der Waals surface area contributed by atoms with Gasteiger partial charge in [0.1, 0.15) is 4.90 Å². The van der Waals surface area contributed by atoms with Crippen LogP contribution < -0.4 is 5.73 Å². The molecule has 4 fully saturated rings. The molecule has 5 rings (SSSR count). The predicted molar refractivity (Wildman–Crippen MR) is 119 cm³/mol. The summed E-state index contributed by atoms with van der Waals surface area (Å²) in [5.41, 5.74) is 3.82. The number of hydrogen-bond acceptors (Lipinski definition) is 4. The first-order chi connectivity index (χ1) is 14.3. The number of nitrogens with zero attached hydrogens (tertiary/aromatic N) is 1. The van der Waals surface area contributed by atoms with Crippen LogP contribution in [0.4, 0.5) is 0 Å². The Morgan fingerprint density at radius 2 is 1.74 bits per heavy atom. The number of carbonyl (C=O) groups is 2. The van der Waals surface area contributed by atoms with Crippen LogP contribution in [0, 0.1) is 22.7 Å². The molecule has 2 atom stereocenters. The van der Waals surface area contributed by atoms with E-state index in [2.05, 4.69) is 0 Å². The average molecular weight is 467 g/mol. The first kappa shape index (κ1) is 22.7. The Hall–Kier alpha value is -1.44. The molecule has 2 N–H and O–H groups in total. The number of halogens is 1. The minimum absolute atomic E-state index is 0.0115. The van der Waals surface area contributed by atoms with Crippen LogP contribution in [0.3, 0.4) is 0 Å². The number of nitrogens with two attached hydrogens (primary N) is 1. The number of sulfonamides is 1. The van der Waals surface area contributed by atoms with Gasteiger partial charge in [-0.2, -0.15) is 4.31 Å². The highest BCUT2D eigenvalue weighted by Gasteiger charge is 2.61. The maximum atomic E-state index is 13.6. The van der Waals surface area contributed by atoms with Gasteiger partial charge >= 0.3 is 0 Å². The van der Waals surface area contributed by atoms with Crippen LogP contribution in [0.5, 0.6) is 0 Å². The Bertz CT molecular complexity index is 1020. The van der Waals surface area contributed by atoms with Crippen molar-refractivity contribution >= 4 is 33.3 Å². The van der Waals surface area contributed by atoms with E-state index >= 15 is 0 Å². The number of primary amides is 1. The Morgan fingerprint density at radius 1 is 1.16 bits per heavy atom. The number of Topliss-reactive ketones (excluding diaryl/α,β-unsaturated/α-hetero) is 1. The van der Waals surface area contributed by atoms with Crippen LogP contribution in [0.15, 0.2) is 29.2 Å². The van der Waals surface area contributed by atoms with Crippen molar-refractivity contribution in [3.05, 3.63) is 29.3 Å². The van der Waals surface area contributed by atoms with Crippen LogP contribution >= 0.6 is 11.6 Å². The summed E-state index contributed by atoms with van der Waals surface area (Å²) < 4.78 is 27.6. The van der Waals surface area contributed by atoms with Gasteiger partial charge in [-0.25, -0.2) is 8.42 Å². The smallest absolute Gasteiger partial charge is 0.245 e. The normalized spacial score (nSPS) is 32.4. The highest BCUT2D eigenvalue weighted by molar-refractivity contribution is 7.89. The molecule has 1 aromatic carbocycles. The summed E-state index contributed by atoms with van der Waals surface area (Å²) in [6.07, 6.45) is 5.52. The van der Waals surface area contributed by atoms with Gasteiger partial charge in [0, 0.05) is 13.5 Å². The van der Waals surface area contributed by atoms with Gasteiger partial charge in [-0.05, 0) is 81.8 Å². The quantitative estimate of drug-likeness (QED) is 0.661. The minimum Gasteiger partial charge on any atom is -0.369 e. The molecule has 0 aliphatic heterocycles. The fraction of sp³-hybridized carbons (Fsp3) is 0.652. The van der Waals surface area contributed by atoms with E-state index in [1.807, 2.05) is 0 Å². The van der Waals surface area contributed by atoms with E-state index < -0.39 is 21.0 Å². The molecule has 1 amide bonds. The monoisotopic (exact) mass is 466 g/mol. The largest absolute Gasteiger partial charge is 0.369 e. The van der Waals surface area contributed by atoms with E-state index in [1.165, 1.54) is 19.2 Å². The first-order valence-corrected chi connectivity index (χ1v) is 12.7. The molecular formula is C23H31ClN2O4S. The Labute approximate surface area is 189 Å². The molecule has 4 aliphatic rings. The van der Waals surface area contributed by atoms with E-state index in [0.717, 1.165) is 36.4 Å². The first-order valence-electron chi connectivity index (χ1n) is 10.9. The predicted octanol–water partition coefficient (Wildman–Crippen LogP) is 3.77. The summed E-state index contributed by atoms with van der Waals surface area (Å²) in [5.74, 6) is 0.479. The number of ketones is 1. The lowest BCUT2D eigenvalue weighted by Crippen LogP contribution is -2.59. The van der Waals surface area contributed by atoms with Crippen LogP contribution in [0.2, 0.25) is 5.02 Å². The van der Waals surface area contributed by atoms with E-state index in [9.17, 15) is 18.0 Å². The molecule has 8 heteroatoms. The van der Waals surface area contributed by atoms with Gasteiger partial charge in [0.2, 0.25) is 15.9 Å². The second-order valence-electron chi connectivity index (χ2n) is 10.7. The Morgan fingerprint density at radius 3 is 2.29 bits per heavy atom. The Kier molecular flexibility index (Phi) is 5.35. The molecule has 0 spiro atoms. The third-order valence-corrected chi connectivity index (χ3v) is 10.7. The third kappa shape index (κ3) is 3.62. The number of likely N-dealkylation sites (N-methyl/N-ethyl adjacent to an activating group) is 1. The Balaban J connectivity index is 1.59. The molecule has 0 saturated heterocycles. The van der Waals surface area contributed by atoms with Gasteiger partial charge in [0.15, 0.2) is 5.78 Å². The molecular weight excluding hydrogens is 436 g/mol. The molecule has 0 heterocycles. The van der Waals surface area contributed by atoms with Gasteiger partial charge in [-0.3, -0.25) is 9.59 Å². The maximum absolute atomic E-state index is 13.6. The van der Waals surface area contributed by atoms with Crippen molar-refractivity contribution in [2.24, 2.45) is 28.4 Å². The highest BCUT2D eigenvalue weighted by Crippen LogP contribution is 2.66. The molecule has 2 unspecified atom stereocenters. The summed E-state index contributed by atoms with van der Waals surface area (Å²) in [6.45, 7) is 3.29. The molecule has 4 saturated carbocycles. The number of rotatable bonds is 7. The number of amides is 1. The van der Waals surface area contributed by atoms with Crippen LogP contribution in [0.25, 0.3) is 0 Å². The number of hydrogen-bond donors (Lipinski definition) is 1. The second kappa shape index (κ2) is 7.29. The zero-order valence-corrected chi connectivity index (χ0v) is 19.9. The SMILES string of the molecule is CN(C(C)(C)C(=O)CC12CC3CC(C1)CC(C(N)=O)(C3)C2)S(=O)(=O)c1ccccc1Cl. The van der Waals surface area contributed by atoms with Crippen molar-refractivity contribution < 1.29 is 18.0 Å². The molecule has 0 aromatic heterocycles. The zero-order valence-electron chi connectivity index (χ0n) is 18.4. The molecule has 6 nitrogen and oxygen atoms in total. The van der Waals surface area contributed by atoms with E-state index in [0.29, 0.717) is 18.3 Å². The average Bonchev–Trinajstić information content (AvgIpc) is 2.66. The highest BCUT2D eigenvalue weighted by atomic mass is 35.5. The summed E-state index contributed by atoms with van der Waals surface area (Å²) in [7, 11) is -2.53. The molecule has 1 aromatic rings. The van der Waals surface area contributed by atoms with E-state index in [-0.39, 0.29) is 33.4 Å². The van der Waals surface area contributed by atoms with Crippen molar-refractivity contribution in [3.8, 4) is 0 Å². The van der Waals surface area contributed by atoms with Crippen LogP contribution in [0.1, 0.15) is 58.8 Å². The van der Waals surface area contributed by atoms with Crippen molar-refractivity contribution in [2.75, 3.05) is 7.05 Å². The molecule has 4 aliphatic carbocycles. The number of carbonyl (C=O) groups excluding carboxylic acids is 2. The molecule has 4 bridgehead atoms. The van der Waals surface area contributed by atoms with Crippen LogP contribution in [-0.2, 0) is 19.6 Å². The topological polar surface area (TPSA) is 97.5 Å². The van der Waals surface area contributed by atoms with Crippen molar-refractivity contribution in [1.29, 1.82) is 0 Å². The zero-order chi connectivity index (χ0) is 22.8. The van der Waals surface area contributed by atoms with Gasteiger partial charge < -0.3 is 5.73 Å². The van der Waals surface area contributed by atoms with Crippen molar-refractivity contribution in [3.63, 3.8) is 0 Å². The molecule has 170 valence electrons. The lowest BCUT2D eigenvalue weighted by Gasteiger charge is -2.61. The van der Waals surface area contributed by atoms with Gasteiger partial charge in [0.25, 0.3) is 0 Å². The number of benzene rings is 1. The summed E-state index contributed by atoms with van der Waals surface area (Å²) >= 11 is 6.14. The maximum Gasteiger partial charge on any atom is 0.245 e. The van der Waals surface area contributed by atoms with Gasteiger partial charge in [0.05, 0.1) is 16.0 Å². The standard InChI is InChI=1S/C23H31ClN2O4S/c1-21(2,26(3)31(29,30)18-7-5-4-6-17(18)24)19(27)13-22-9-15-8-16(10-22)12-23(11-15,14-22)20(25)28/h4-7,15-16H,8-14H2,1-3H3,(H2,25,28). The summed E-state index contributed by atoms with van der Waals surface area (Å²) in [6, 6.07) is 6.25. The molecule has 0 radical (unpaired) electrons. The summed E-state index contributed by atoms with van der Waals surface area (Å²) in [5, 5.41) is 0.127.